The highest BCUT2D eigenvalue weighted by atomic mass is 32.2. The number of nitrogens with one attached hydrogen (secondary N) is 1. The summed E-state index contributed by atoms with van der Waals surface area (Å²) in [7, 11) is -3.66. The summed E-state index contributed by atoms with van der Waals surface area (Å²) in [5.41, 5.74) is 1.69. The second-order valence-electron chi connectivity index (χ2n) is 5.94. The topological polar surface area (TPSA) is 89.3 Å². The zero-order valence-electron chi connectivity index (χ0n) is 14.0. The van der Waals surface area contributed by atoms with E-state index in [1.54, 1.807) is 13.0 Å². The van der Waals surface area contributed by atoms with Gasteiger partial charge in [0, 0.05) is 12.6 Å². The van der Waals surface area contributed by atoms with Crippen molar-refractivity contribution in [3.05, 3.63) is 53.4 Å². The molecule has 130 valence electrons. The molecular weight excluding hydrogens is 328 g/mol. The molecule has 1 aromatic heterocycles. The van der Waals surface area contributed by atoms with Gasteiger partial charge in [-0.1, -0.05) is 42.4 Å². The highest BCUT2D eigenvalue weighted by Gasteiger charge is 2.29. The fourth-order valence-corrected chi connectivity index (χ4v) is 3.46. The molecule has 0 aliphatic heterocycles. The number of sulfone groups is 1. The fourth-order valence-electron chi connectivity index (χ4n) is 2.27. The molecule has 2 aromatic rings. The van der Waals surface area contributed by atoms with Crippen LogP contribution in [-0.4, -0.2) is 31.3 Å². The smallest absolute Gasteiger partial charge is 0.238 e. The Morgan fingerprint density at radius 2 is 1.92 bits per heavy atom. The summed E-state index contributed by atoms with van der Waals surface area (Å²) >= 11 is 0. The van der Waals surface area contributed by atoms with E-state index in [1.165, 1.54) is 6.92 Å². The van der Waals surface area contributed by atoms with Crippen LogP contribution >= 0.6 is 0 Å². The van der Waals surface area contributed by atoms with Gasteiger partial charge in [-0.05, 0) is 25.3 Å². The lowest BCUT2D eigenvalue weighted by Crippen LogP contribution is -2.39. The van der Waals surface area contributed by atoms with Crippen LogP contribution in [0.1, 0.15) is 36.8 Å². The molecular formula is C17H22N2O4S. The van der Waals surface area contributed by atoms with Gasteiger partial charge in [-0.25, -0.2) is 8.42 Å². The zero-order valence-corrected chi connectivity index (χ0v) is 14.8. The van der Waals surface area contributed by atoms with Gasteiger partial charge >= 0.3 is 0 Å². The van der Waals surface area contributed by atoms with E-state index in [0.717, 1.165) is 5.56 Å². The van der Waals surface area contributed by atoms with Crippen LogP contribution in [0.3, 0.4) is 0 Å². The largest absolute Gasteiger partial charge is 0.360 e. The monoisotopic (exact) mass is 350 g/mol. The van der Waals surface area contributed by atoms with E-state index in [4.69, 9.17) is 4.52 Å². The molecule has 1 aromatic carbocycles. The number of aromatic nitrogens is 1. The van der Waals surface area contributed by atoms with Crippen LogP contribution < -0.4 is 5.32 Å². The third kappa shape index (κ3) is 4.67. The summed E-state index contributed by atoms with van der Waals surface area (Å²) in [6.07, 6.45) is 0. The Kier molecular flexibility index (Phi) is 5.77. The molecule has 0 radical (unpaired) electrons. The number of rotatable bonds is 7. The van der Waals surface area contributed by atoms with Crippen molar-refractivity contribution in [3.63, 3.8) is 0 Å². The van der Waals surface area contributed by atoms with E-state index in [2.05, 4.69) is 10.5 Å². The van der Waals surface area contributed by atoms with Crippen LogP contribution in [-0.2, 0) is 20.4 Å². The van der Waals surface area contributed by atoms with Gasteiger partial charge in [0.15, 0.2) is 15.6 Å². The molecule has 0 fully saturated rings. The van der Waals surface area contributed by atoms with Gasteiger partial charge in [0.1, 0.15) is 11.0 Å². The summed E-state index contributed by atoms with van der Waals surface area (Å²) in [6, 6.07) is 11.3. The van der Waals surface area contributed by atoms with Crippen molar-refractivity contribution >= 4 is 15.7 Å². The maximum Gasteiger partial charge on any atom is 0.238 e. The van der Waals surface area contributed by atoms with Crippen LogP contribution in [0.15, 0.2) is 40.9 Å². The van der Waals surface area contributed by atoms with Crippen molar-refractivity contribution in [1.82, 2.24) is 10.5 Å². The van der Waals surface area contributed by atoms with E-state index >= 15 is 0 Å². The molecule has 6 nitrogen and oxygen atoms in total. The molecule has 1 amide bonds. The molecule has 0 bridgehead atoms. The van der Waals surface area contributed by atoms with Gasteiger partial charge in [0.05, 0.1) is 5.69 Å². The average molecular weight is 350 g/mol. The number of nitrogens with zero attached hydrogens (tertiary/aromatic N) is 1. The molecule has 24 heavy (non-hydrogen) atoms. The number of carbonyl (C=O) groups is 1. The molecule has 2 atom stereocenters. The molecule has 2 rings (SSSR count). The van der Waals surface area contributed by atoms with Gasteiger partial charge in [-0.15, -0.1) is 0 Å². The first-order valence-electron chi connectivity index (χ1n) is 7.76. The van der Waals surface area contributed by atoms with Gasteiger partial charge in [-0.2, -0.15) is 0 Å². The zero-order chi connectivity index (χ0) is 17.7. The minimum absolute atomic E-state index is 0.0991. The number of amides is 1. The third-order valence-corrected chi connectivity index (χ3v) is 5.86. The maximum atomic E-state index is 12.3. The average Bonchev–Trinajstić information content (AvgIpc) is 2.96. The SMILES string of the molecule is Cc1cc(CS(=O)(=O)C(C)C(=O)NCC(C)c2ccccc2)on1. The predicted octanol–water partition coefficient (Wildman–Crippen LogP) is 2.21. The van der Waals surface area contributed by atoms with E-state index in [0.29, 0.717) is 12.2 Å². The first-order valence-corrected chi connectivity index (χ1v) is 9.47. The molecule has 1 heterocycles. The lowest BCUT2D eigenvalue weighted by Gasteiger charge is -2.16. The Morgan fingerprint density at radius 3 is 2.50 bits per heavy atom. The van der Waals surface area contributed by atoms with Crippen molar-refractivity contribution in [2.24, 2.45) is 0 Å². The number of hydrogen-bond acceptors (Lipinski definition) is 5. The molecule has 0 aliphatic carbocycles. The van der Waals surface area contributed by atoms with Crippen molar-refractivity contribution in [3.8, 4) is 0 Å². The van der Waals surface area contributed by atoms with Crippen molar-refractivity contribution in [2.45, 2.75) is 37.7 Å². The number of benzene rings is 1. The molecule has 0 spiro atoms. The van der Waals surface area contributed by atoms with E-state index in [1.807, 2.05) is 37.3 Å². The number of carbonyl (C=O) groups excluding carboxylic acids is 1. The number of aryl methyl sites for hydroxylation is 1. The Bertz CT molecular complexity index is 784. The van der Waals surface area contributed by atoms with Crippen LogP contribution in [0.4, 0.5) is 0 Å². The highest BCUT2D eigenvalue weighted by molar-refractivity contribution is 7.92. The lowest BCUT2D eigenvalue weighted by molar-refractivity contribution is -0.120. The minimum Gasteiger partial charge on any atom is -0.360 e. The van der Waals surface area contributed by atoms with E-state index < -0.39 is 21.0 Å². The molecule has 7 heteroatoms. The summed E-state index contributed by atoms with van der Waals surface area (Å²) in [5, 5.41) is 5.22. The Hall–Kier alpha value is -2.15. The standard InChI is InChI=1S/C17H22N2O4S/c1-12(15-7-5-4-6-8-15)10-18-17(20)14(3)24(21,22)11-16-9-13(2)19-23-16/h4-9,12,14H,10-11H2,1-3H3,(H,18,20). The van der Waals surface area contributed by atoms with Crippen LogP contribution in [0.25, 0.3) is 0 Å². The fraction of sp³-hybridized carbons (Fsp3) is 0.412. The molecule has 0 aliphatic rings. The normalized spacial score (nSPS) is 14.1. The predicted molar refractivity (Wildman–Crippen MR) is 91.2 cm³/mol. The van der Waals surface area contributed by atoms with Gasteiger partial charge in [0.2, 0.25) is 5.91 Å². The summed E-state index contributed by atoms with van der Waals surface area (Å²) < 4.78 is 29.6. The quantitative estimate of drug-likeness (QED) is 0.827. The van der Waals surface area contributed by atoms with Crippen molar-refractivity contribution < 1.29 is 17.7 Å². The van der Waals surface area contributed by atoms with Crippen LogP contribution in [0.5, 0.6) is 0 Å². The summed E-state index contributed by atoms with van der Waals surface area (Å²) in [4.78, 5) is 12.2. The Morgan fingerprint density at radius 1 is 1.25 bits per heavy atom. The van der Waals surface area contributed by atoms with Crippen molar-refractivity contribution in [1.29, 1.82) is 0 Å². The summed E-state index contributed by atoms with van der Waals surface area (Å²) in [5.74, 6) is -0.503. The van der Waals surface area contributed by atoms with E-state index in [9.17, 15) is 13.2 Å². The van der Waals surface area contributed by atoms with Crippen molar-refractivity contribution in [2.75, 3.05) is 6.54 Å². The molecule has 1 N–H and O–H groups in total. The van der Waals surface area contributed by atoms with Crippen LogP contribution in [0.2, 0.25) is 0 Å². The van der Waals surface area contributed by atoms with Gasteiger partial charge in [0.25, 0.3) is 0 Å². The maximum absolute atomic E-state index is 12.3. The molecule has 0 saturated heterocycles. The second kappa shape index (κ2) is 7.61. The second-order valence-corrected chi connectivity index (χ2v) is 8.26. The Balaban J connectivity index is 1.93. The summed E-state index contributed by atoms with van der Waals surface area (Å²) in [6.45, 7) is 5.46. The van der Waals surface area contributed by atoms with Crippen LogP contribution in [0, 0.1) is 6.92 Å². The minimum atomic E-state index is -3.66. The van der Waals surface area contributed by atoms with Gasteiger partial charge in [-0.3, -0.25) is 4.79 Å². The Labute approximate surface area is 142 Å². The first kappa shape index (κ1) is 18.2. The first-order chi connectivity index (χ1) is 11.3. The van der Waals surface area contributed by atoms with E-state index in [-0.39, 0.29) is 17.4 Å². The molecule has 0 saturated carbocycles. The number of hydrogen-bond donors (Lipinski definition) is 1. The lowest BCUT2D eigenvalue weighted by atomic mass is 10.0. The third-order valence-electron chi connectivity index (χ3n) is 3.88. The van der Waals surface area contributed by atoms with Gasteiger partial charge < -0.3 is 9.84 Å². The molecule has 2 unspecified atom stereocenters. The highest BCUT2D eigenvalue weighted by Crippen LogP contribution is 2.15.